The van der Waals surface area contributed by atoms with Crippen LogP contribution in [0.1, 0.15) is 11.1 Å². The van der Waals surface area contributed by atoms with Crippen LogP contribution in [-0.2, 0) is 13.0 Å². The molecular weight excluding hydrogens is 262 g/mol. The van der Waals surface area contributed by atoms with E-state index in [1.54, 1.807) is 0 Å². The van der Waals surface area contributed by atoms with E-state index in [-0.39, 0.29) is 6.10 Å². The van der Waals surface area contributed by atoms with Crippen LogP contribution in [0.4, 0.5) is 5.82 Å². The van der Waals surface area contributed by atoms with Gasteiger partial charge in [0, 0.05) is 11.8 Å². The summed E-state index contributed by atoms with van der Waals surface area (Å²) in [6.07, 6.45) is 1.04. The number of hydrogen-bond acceptors (Lipinski definition) is 3. The lowest BCUT2D eigenvalue weighted by molar-refractivity contribution is 0.205. The van der Waals surface area contributed by atoms with Crippen molar-refractivity contribution in [2.24, 2.45) is 0 Å². The second kappa shape index (κ2) is 4.52. The number of aryl methyl sites for hydroxylation is 1. The Morgan fingerprint density at radius 2 is 2.14 bits per heavy atom. The summed E-state index contributed by atoms with van der Waals surface area (Å²) in [6, 6.07) is 14.4. The van der Waals surface area contributed by atoms with Gasteiger partial charge < -0.3 is 10.5 Å². The van der Waals surface area contributed by atoms with Crippen LogP contribution in [0.3, 0.4) is 0 Å². The maximum atomic E-state index is 6.02. The van der Waals surface area contributed by atoms with Gasteiger partial charge in [0.05, 0.1) is 12.1 Å². The van der Waals surface area contributed by atoms with Crippen LogP contribution in [0, 0.1) is 6.92 Å². The first-order valence-electron chi connectivity index (χ1n) is 7.18. The van der Waals surface area contributed by atoms with Crippen molar-refractivity contribution in [3.05, 3.63) is 53.6 Å². The molecule has 4 rings (SSSR count). The number of fused-ring (bicyclic) bond motifs is 2. The number of anilines is 1. The zero-order valence-corrected chi connectivity index (χ0v) is 11.9. The van der Waals surface area contributed by atoms with E-state index < -0.39 is 0 Å². The summed E-state index contributed by atoms with van der Waals surface area (Å²) in [7, 11) is 0. The van der Waals surface area contributed by atoms with Gasteiger partial charge in [0.2, 0.25) is 0 Å². The molecule has 0 bridgehead atoms. The number of hydrogen-bond donors (Lipinski definition) is 1. The predicted molar refractivity (Wildman–Crippen MR) is 83.4 cm³/mol. The highest BCUT2D eigenvalue weighted by atomic mass is 16.5. The van der Waals surface area contributed by atoms with Crippen molar-refractivity contribution in [2.75, 3.05) is 5.73 Å². The number of ether oxygens (including phenoxy) is 1. The highest BCUT2D eigenvalue weighted by molar-refractivity contribution is 5.88. The molecule has 1 aliphatic rings. The minimum absolute atomic E-state index is 0.115. The molecule has 1 aromatic heterocycles. The zero-order valence-electron chi connectivity index (χ0n) is 11.9. The first kappa shape index (κ1) is 12.3. The van der Waals surface area contributed by atoms with Gasteiger partial charge in [-0.05, 0) is 30.7 Å². The average molecular weight is 279 g/mol. The van der Waals surface area contributed by atoms with Crippen LogP contribution in [0.5, 0.6) is 5.75 Å². The number of benzene rings is 2. The molecule has 2 N–H and O–H groups in total. The van der Waals surface area contributed by atoms with Gasteiger partial charge in [0.15, 0.2) is 5.82 Å². The molecule has 1 aliphatic heterocycles. The van der Waals surface area contributed by atoms with Crippen molar-refractivity contribution in [3.63, 3.8) is 0 Å². The van der Waals surface area contributed by atoms with Gasteiger partial charge in [-0.15, -0.1) is 0 Å². The van der Waals surface area contributed by atoms with E-state index in [0.717, 1.165) is 23.1 Å². The first-order chi connectivity index (χ1) is 10.2. The quantitative estimate of drug-likeness (QED) is 0.784. The van der Waals surface area contributed by atoms with Crippen LogP contribution in [0.2, 0.25) is 0 Å². The predicted octanol–water partition coefficient (Wildman–Crippen LogP) is 2.93. The number of para-hydroxylation sites is 1. The SMILES string of the molecule is Cc1ccc2c(c1)CC(Cn1nc(N)c3ccccc31)O2. The van der Waals surface area contributed by atoms with E-state index in [9.17, 15) is 0 Å². The molecule has 0 aliphatic carbocycles. The molecule has 106 valence electrons. The van der Waals surface area contributed by atoms with Gasteiger partial charge in [0.1, 0.15) is 11.9 Å². The molecule has 1 atom stereocenters. The number of nitrogens with zero attached hydrogens (tertiary/aromatic N) is 2. The molecule has 1 unspecified atom stereocenters. The molecule has 0 saturated carbocycles. The molecular formula is C17H17N3O. The highest BCUT2D eigenvalue weighted by Gasteiger charge is 2.24. The minimum atomic E-state index is 0.115. The molecule has 4 nitrogen and oxygen atoms in total. The zero-order chi connectivity index (χ0) is 14.4. The summed E-state index contributed by atoms with van der Waals surface area (Å²) < 4.78 is 7.97. The second-order valence-corrected chi connectivity index (χ2v) is 5.64. The molecule has 0 saturated heterocycles. The van der Waals surface area contributed by atoms with Crippen LogP contribution < -0.4 is 10.5 Å². The lowest BCUT2D eigenvalue weighted by atomic mass is 10.1. The van der Waals surface area contributed by atoms with Crippen LogP contribution in [0.25, 0.3) is 10.9 Å². The van der Waals surface area contributed by atoms with E-state index in [1.165, 1.54) is 11.1 Å². The molecule has 3 aromatic rings. The minimum Gasteiger partial charge on any atom is -0.488 e. The number of aromatic nitrogens is 2. The van der Waals surface area contributed by atoms with Gasteiger partial charge in [-0.3, -0.25) is 4.68 Å². The molecule has 0 amide bonds. The van der Waals surface area contributed by atoms with E-state index in [2.05, 4.69) is 30.2 Å². The monoisotopic (exact) mass is 279 g/mol. The van der Waals surface area contributed by atoms with Crippen molar-refractivity contribution in [1.82, 2.24) is 9.78 Å². The Hall–Kier alpha value is -2.49. The maximum absolute atomic E-state index is 6.02. The van der Waals surface area contributed by atoms with Gasteiger partial charge in [-0.2, -0.15) is 5.10 Å². The summed E-state index contributed by atoms with van der Waals surface area (Å²) in [5.74, 6) is 1.58. The lowest BCUT2D eigenvalue weighted by Crippen LogP contribution is -2.21. The number of rotatable bonds is 2. The van der Waals surface area contributed by atoms with Gasteiger partial charge in [0.25, 0.3) is 0 Å². The average Bonchev–Trinajstić information content (AvgIpc) is 3.01. The third-order valence-corrected chi connectivity index (χ3v) is 4.02. The Kier molecular flexibility index (Phi) is 2.64. The highest BCUT2D eigenvalue weighted by Crippen LogP contribution is 2.31. The van der Waals surface area contributed by atoms with Crippen molar-refractivity contribution >= 4 is 16.7 Å². The molecule has 0 fully saturated rings. The van der Waals surface area contributed by atoms with Gasteiger partial charge in [-0.25, -0.2) is 0 Å². The fraction of sp³-hybridized carbons (Fsp3) is 0.235. The Labute approximate surface area is 123 Å². The van der Waals surface area contributed by atoms with Crippen molar-refractivity contribution in [1.29, 1.82) is 0 Å². The fourth-order valence-corrected chi connectivity index (χ4v) is 3.04. The third kappa shape index (κ3) is 2.03. The fourth-order valence-electron chi connectivity index (χ4n) is 3.04. The molecule has 0 spiro atoms. The standard InChI is InChI=1S/C17H17N3O/c1-11-6-7-16-12(8-11)9-13(21-16)10-20-15-5-3-2-4-14(15)17(18)19-20/h2-8,13H,9-10H2,1H3,(H2,18,19). The molecule has 21 heavy (non-hydrogen) atoms. The number of nitrogens with two attached hydrogens (primary N) is 1. The van der Waals surface area contributed by atoms with Crippen LogP contribution >= 0.6 is 0 Å². The van der Waals surface area contributed by atoms with Crippen LogP contribution in [-0.4, -0.2) is 15.9 Å². The second-order valence-electron chi connectivity index (χ2n) is 5.64. The lowest BCUT2D eigenvalue weighted by Gasteiger charge is -2.11. The van der Waals surface area contributed by atoms with E-state index >= 15 is 0 Å². The van der Waals surface area contributed by atoms with Crippen molar-refractivity contribution in [2.45, 2.75) is 26.0 Å². The van der Waals surface area contributed by atoms with Crippen LogP contribution in [0.15, 0.2) is 42.5 Å². The molecule has 2 heterocycles. The molecule has 2 aromatic carbocycles. The van der Waals surface area contributed by atoms with E-state index in [0.29, 0.717) is 12.4 Å². The number of nitrogen functional groups attached to an aromatic ring is 1. The summed E-state index contributed by atoms with van der Waals surface area (Å²) in [5.41, 5.74) is 9.60. The Bertz CT molecular complexity index is 822. The maximum Gasteiger partial charge on any atom is 0.153 e. The van der Waals surface area contributed by atoms with Crippen molar-refractivity contribution < 1.29 is 4.74 Å². The third-order valence-electron chi connectivity index (χ3n) is 4.02. The topological polar surface area (TPSA) is 53.1 Å². The summed E-state index contributed by atoms with van der Waals surface area (Å²) in [5, 5.41) is 5.45. The Morgan fingerprint density at radius 3 is 3.05 bits per heavy atom. The van der Waals surface area contributed by atoms with E-state index in [4.69, 9.17) is 10.5 Å². The normalized spacial score (nSPS) is 16.9. The smallest absolute Gasteiger partial charge is 0.153 e. The van der Waals surface area contributed by atoms with Gasteiger partial charge >= 0.3 is 0 Å². The first-order valence-corrected chi connectivity index (χ1v) is 7.18. The molecule has 4 heteroatoms. The largest absolute Gasteiger partial charge is 0.488 e. The van der Waals surface area contributed by atoms with Gasteiger partial charge in [-0.1, -0.05) is 29.8 Å². The summed E-state index contributed by atoms with van der Waals surface area (Å²) in [6.45, 7) is 2.82. The van der Waals surface area contributed by atoms with E-state index in [1.807, 2.05) is 28.9 Å². The summed E-state index contributed by atoms with van der Waals surface area (Å²) >= 11 is 0. The summed E-state index contributed by atoms with van der Waals surface area (Å²) in [4.78, 5) is 0. The molecule has 0 radical (unpaired) electrons. The van der Waals surface area contributed by atoms with Crippen molar-refractivity contribution in [3.8, 4) is 5.75 Å². The Balaban J connectivity index is 1.62. The Morgan fingerprint density at radius 1 is 1.29 bits per heavy atom.